The Kier molecular flexibility index (Phi) is 2.53. The molecule has 0 spiro atoms. The molecular formula is C9H5ClF3NO2. The molecule has 16 heavy (non-hydrogen) atoms. The number of carbonyl (C=O) groups is 1. The van der Waals surface area contributed by atoms with Crippen molar-refractivity contribution in [1.82, 2.24) is 4.98 Å². The van der Waals surface area contributed by atoms with Crippen LogP contribution in [0, 0.1) is 0 Å². The van der Waals surface area contributed by atoms with E-state index in [1.165, 1.54) is 0 Å². The lowest BCUT2D eigenvalue weighted by atomic mass is 10.1. The largest absolute Gasteiger partial charge is 0.490 e. The van der Waals surface area contributed by atoms with E-state index in [1.54, 1.807) is 0 Å². The number of pyridine rings is 1. The maximum atomic E-state index is 12.2. The van der Waals surface area contributed by atoms with E-state index in [1.807, 2.05) is 0 Å². The Bertz CT molecular complexity index is 459. The number of ketones is 1. The number of Topliss-reactive ketones (excluding diaryl/α,β-unsaturated/α-hetero) is 1. The number of aromatic nitrogens is 1. The van der Waals surface area contributed by atoms with Crippen LogP contribution >= 0.6 is 11.6 Å². The predicted molar refractivity (Wildman–Crippen MR) is 48.8 cm³/mol. The van der Waals surface area contributed by atoms with Crippen molar-refractivity contribution >= 4 is 17.4 Å². The van der Waals surface area contributed by atoms with Gasteiger partial charge in [-0.05, 0) is 6.07 Å². The number of nitrogens with zero attached hydrogens (tertiary/aromatic N) is 1. The summed E-state index contributed by atoms with van der Waals surface area (Å²) in [4.78, 5) is 14.3. The first kappa shape index (κ1) is 11.2. The zero-order valence-corrected chi connectivity index (χ0v) is 8.52. The van der Waals surface area contributed by atoms with Crippen molar-refractivity contribution < 1.29 is 22.7 Å². The molecule has 86 valence electrons. The summed E-state index contributed by atoms with van der Waals surface area (Å²) >= 11 is 5.61. The van der Waals surface area contributed by atoms with E-state index in [2.05, 4.69) is 4.98 Å². The molecule has 1 aromatic rings. The van der Waals surface area contributed by atoms with Gasteiger partial charge in [0.15, 0.2) is 10.9 Å². The average molecular weight is 252 g/mol. The van der Waals surface area contributed by atoms with E-state index < -0.39 is 17.7 Å². The van der Waals surface area contributed by atoms with Gasteiger partial charge in [-0.2, -0.15) is 13.2 Å². The van der Waals surface area contributed by atoms with Crippen molar-refractivity contribution in [2.24, 2.45) is 0 Å². The number of ether oxygens (including phenoxy) is 1. The van der Waals surface area contributed by atoms with Gasteiger partial charge in [-0.1, -0.05) is 11.6 Å². The number of alkyl halides is 3. The maximum absolute atomic E-state index is 12.2. The molecule has 2 heterocycles. The zero-order chi connectivity index (χ0) is 11.9. The maximum Gasteiger partial charge on any atom is 0.456 e. The fourth-order valence-corrected chi connectivity index (χ4v) is 1.68. The van der Waals surface area contributed by atoms with E-state index in [9.17, 15) is 18.0 Å². The SMILES string of the molecule is O=C(c1cc2c(c(Cl)n1)OCC2)C(F)(F)F. The summed E-state index contributed by atoms with van der Waals surface area (Å²) < 4.78 is 41.5. The van der Waals surface area contributed by atoms with Gasteiger partial charge < -0.3 is 4.74 Å². The summed E-state index contributed by atoms with van der Waals surface area (Å²) in [6.07, 6.45) is -4.51. The van der Waals surface area contributed by atoms with Gasteiger partial charge in [0, 0.05) is 12.0 Å². The summed E-state index contributed by atoms with van der Waals surface area (Å²) in [5.41, 5.74) is -0.214. The second kappa shape index (κ2) is 3.62. The van der Waals surface area contributed by atoms with Gasteiger partial charge in [-0.25, -0.2) is 4.98 Å². The molecule has 0 saturated carbocycles. The normalized spacial score (nSPS) is 14.5. The smallest absolute Gasteiger partial charge is 0.456 e. The Labute approximate surface area is 93.2 Å². The Hall–Kier alpha value is -1.30. The fourth-order valence-electron chi connectivity index (χ4n) is 1.41. The lowest BCUT2D eigenvalue weighted by molar-refractivity contribution is -0.0888. The van der Waals surface area contributed by atoms with Gasteiger partial charge in [0.25, 0.3) is 5.78 Å². The molecule has 0 aromatic carbocycles. The number of fused-ring (bicyclic) bond motifs is 1. The Balaban J connectivity index is 2.45. The highest BCUT2D eigenvalue weighted by atomic mass is 35.5. The van der Waals surface area contributed by atoms with E-state index in [4.69, 9.17) is 16.3 Å². The van der Waals surface area contributed by atoms with Crippen LogP contribution in [0.1, 0.15) is 16.1 Å². The highest BCUT2D eigenvalue weighted by molar-refractivity contribution is 6.31. The van der Waals surface area contributed by atoms with Crippen molar-refractivity contribution in [2.75, 3.05) is 6.61 Å². The third kappa shape index (κ3) is 1.84. The fraction of sp³-hybridized carbons (Fsp3) is 0.333. The summed E-state index contributed by atoms with van der Waals surface area (Å²) in [5.74, 6) is -1.73. The molecule has 1 aliphatic rings. The lowest BCUT2D eigenvalue weighted by Crippen LogP contribution is -2.24. The molecule has 1 aliphatic heterocycles. The molecule has 1 aromatic heterocycles. The minimum atomic E-state index is -4.94. The molecule has 0 unspecified atom stereocenters. The summed E-state index contributed by atoms with van der Waals surface area (Å²) in [6.45, 7) is 0.334. The molecule has 0 radical (unpaired) electrons. The van der Waals surface area contributed by atoms with Gasteiger partial charge in [0.2, 0.25) is 0 Å². The topological polar surface area (TPSA) is 39.2 Å². The van der Waals surface area contributed by atoms with Gasteiger partial charge in [0.05, 0.1) is 6.61 Å². The summed E-state index contributed by atoms with van der Waals surface area (Å²) in [5, 5.41) is -0.206. The molecule has 0 bridgehead atoms. The number of halogens is 4. The minimum absolute atomic E-state index is 0.206. The van der Waals surface area contributed by atoms with Crippen molar-refractivity contribution in [3.63, 3.8) is 0 Å². The molecule has 7 heteroatoms. The molecule has 0 atom stereocenters. The second-order valence-electron chi connectivity index (χ2n) is 3.21. The average Bonchev–Trinajstić information content (AvgIpc) is 2.63. The van der Waals surface area contributed by atoms with Crippen molar-refractivity contribution in [3.8, 4) is 5.75 Å². The first-order valence-electron chi connectivity index (χ1n) is 4.33. The molecule has 3 nitrogen and oxygen atoms in total. The quantitative estimate of drug-likeness (QED) is 0.568. The van der Waals surface area contributed by atoms with Crippen LogP contribution in [0.3, 0.4) is 0 Å². The molecule has 0 saturated heterocycles. The van der Waals surface area contributed by atoms with E-state index in [0.29, 0.717) is 18.6 Å². The van der Waals surface area contributed by atoms with Crippen LogP contribution in [-0.2, 0) is 6.42 Å². The van der Waals surface area contributed by atoms with Gasteiger partial charge in [-0.3, -0.25) is 4.79 Å². The number of hydrogen-bond donors (Lipinski definition) is 0. The number of hydrogen-bond acceptors (Lipinski definition) is 3. The Morgan fingerprint density at radius 3 is 2.81 bits per heavy atom. The molecule has 0 aliphatic carbocycles. The van der Waals surface area contributed by atoms with Gasteiger partial charge >= 0.3 is 6.18 Å². The van der Waals surface area contributed by atoms with Crippen LogP contribution in [0.25, 0.3) is 0 Å². The highest BCUT2D eigenvalue weighted by Gasteiger charge is 2.41. The summed E-state index contributed by atoms with van der Waals surface area (Å²) in [6, 6.07) is 1.07. The Morgan fingerprint density at radius 2 is 2.19 bits per heavy atom. The van der Waals surface area contributed by atoms with Crippen LogP contribution in [0.4, 0.5) is 13.2 Å². The Morgan fingerprint density at radius 1 is 1.50 bits per heavy atom. The first-order valence-corrected chi connectivity index (χ1v) is 4.71. The van der Waals surface area contributed by atoms with Gasteiger partial charge in [0.1, 0.15) is 5.69 Å². The van der Waals surface area contributed by atoms with Crippen LogP contribution in [-0.4, -0.2) is 23.6 Å². The van der Waals surface area contributed by atoms with E-state index >= 15 is 0 Å². The highest BCUT2D eigenvalue weighted by Crippen LogP contribution is 2.33. The molecule has 0 fully saturated rings. The molecule has 0 N–H and O–H groups in total. The van der Waals surface area contributed by atoms with Crippen LogP contribution < -0.4 is 4.74 Å². The van der Waals surface area contributed by atoms with Crippen LogP contribution in [0.15, 0.2) is 6.07 Å². The van der Waals surface area contributed by atoms with Crippen molar-refractivity contribution in [3.05, 3.63) is 22.5 Å². The van der Waals surface area contributed by atoms with Crippen molar-refractivity contribution in [1.29, 1.82) is 0 Å². The van der Waals surface area contributed by atoms with Crippen LogP contribution in [0.5, 0.6) is 5.75 Å². The number of rotatable bonds is 1. The lowest BCUT2D eigenvalue weighted by Gasteiger charge is -2.07. The first-order chi connectivity index (χ1) is 7.39. The summed E-state index contributed by atoms with van der Waals surface area (Å²) in [7, 11) is 0. The van der Waals surface area contributed by atoms with Crippen molar-refractivity contribution in [2.45, 2.75) is 12.6 Å². The monoisotopic (exact) mass is 251 g/mol. The third-order valence-corrected chi connectivity index (χ3v) is 2.37. The van der Waals surface area contributed by atoms with E-state index in [0.717, 1.165) is 6.07 Å². The van der Waals surface area contributed by atoms with Gasteiger partial charge in [-0.15, -0.1) is 0 Å². The predicted octanol–water partition coefficient (Wildman–Crippen LogP) is 2.41. The standard InChI is InChI=1S/C9H5ClF3NO2/c10-8-6-4(1-2-16-6)3-5(14-8)7(15)9(11,12)13/h3H,1-2H2. The van der Waals surface area contributed by atoms with Crippen LogP contribution in [0.2, 0.25) is 5.15 Å². The molecular weight excluding hydrogens is 247 g/mol. The zero-order valence-electron chi connectivity index (χ0n) is 7.77. The number of carbonyl (C=O) groups excluding carboxylic acids is 1. The van der Waals surface area contributed by atoms with E-state index in [-0.39, 0.29) is 10.9 Å². The molecule has 0 amide bonds. The third-order valence-electron chi connectivity index (χ3n) is 2.12. The minimum Gasteiger partial charge on any atom is -0.490 e. The second-order valence-corrected chi connectivity index (χ2v) is 3.57. The molecule has 2 rings (SSSR count).